The summed E-state index contributed by atoms with van der Waals surface area (Å²) in [6.07, 6.45) is 0.657. The highest BCUT2D eigenvalue weighted by Crippen LogP contribution is 2.47. The number of benzene rings is 1. The molecule has 126 valence electrons. The van der Waals surface area contributed by atoms with Gasteiger partial charge in [-0.3, -0.25) is 9.59 Å². The second-order valence-corrected chi connectivity index (χ2v) is 9.68. The third kappa shape index (κ3) is 3.58. The van der Waals surface area contributed by atoms with Crippen LogP contribution in [-0.2, 0) is 19.4 Å². The molecule has 0 radical (unpaired) electrons. The molecule has 0 aromatic heterocycles. The summed E-state index contributed by atoms with van der Waals surface area (Å²) in [4.78, 5) is 24.1. The summed E-state index contributed by atoms with van der Waals surface area (Å²) in [5, 5.41) is 0. The maximum absolute atomic E-state index is 12.6. The second kappa shape index (κ2) is 6.48. The van der Waals surface area contributed by atoms with Crippen molar-refractivity contribution in [2.45, 2.75) is 43.3 Å². The molecule has 23 heavy (non-hydrogen) atoms. The van der Waals surface area contributed by atoms with Crippen molar-refractivity contribution in [3.8, 4) is 0 Å². The number of halogens is 1. The molecule has 1 fully saturated rings. The predicted octanol–water partition coefficient (Wildman–Crippen LogP) is 3.11. The van der Waals surface area contributed by atoms with Crippen molar-refractivity contribution < 1.29 is 18.0 Å². The molecule has 0 spiro atoms. The van der Waals surface area contributed by atoms with Gasteiger partial charge in [-0.05, 0) is 51.7 Å². The zero-order valence-electron chi connectivity index (χ0n) is 13.5. The maximum atomic E-state index is 12.6. The van der Waals surface area contributed by atoms with E-state index in [1.54, 1.807) is 24.3 Å². The summed E-state index contributed by atoms with van der Waals surface area (Å²) < 4.78 is 25.2. The summed E-state index contributed by atoms with van der Waals surface area (Å²) >= 11 is 3.48. The van der Waals surface area contributed by atoms with Gasteiger partial charge in [0.15, 0.2) is 9.84 Å². The first-order valence-corrected chi connectivity index (χ1v) is 10.1. The second-order valence-electron chi connectivity index (χ2n) is 6.47. The minimum Gasteiger partial charge on any atom is -0.299 e. The van der Waals surface area contributed by atoms with Crippen molar-refractivity contribution in [3.63, 3.8) is 0 Å². The molecule has 1 aliphatic rings. The minimum absolute atomic E-state index is 0.0612. The van der Waals surface area contributed by atoms with E-state index in [1.807, 2.05) is 6.92 Å². The van der Waals surface area contributed by atoms with Crippen LogP contribution >= 0.6 is 15.9 Å². The van der Waals surface area contributed by atoms with Crippen LogP contribution in [-0.4, -0.2) is 30.6 Å². The van der Waals surface area contributed by atoms with Crippen LogP contribution in [0.15, 0.2) is 29.2 Å². The Morgan fingerprint density at radius 3 is 2.09 bits per heavy atom. The largest absolute Gasteiger partial charge is 0.299 e. The molecule has 1 saturated carbocycles. The fourth-order valence-corrected chi connectivity index (χ4v) is 6.10. The third-order valence-electron chi connectivity index (χ3n) is 4.83. The molecule has 6 heteroatoms. The van der Waals surface area contributed by atoms with Crippen LogP contribution in [0.4, 0.5) is 0 Å². The fourth-order valence-electron chi connectivity index (χ4n) is 3.27. The molecular weight excluding hydrogens is 380 g/mol. The summed E-state index contributed by atoms with van der Waals surface area (Å²) in [6, 6.07) is 6.74. The Balaban J connectivity index is 2.25. The Morgan fingerprint density at radius 2 is 1.65 bits per heavy atom. The van der Waals surface area contributed by atoms with Gasteiger partial charge in [-0.15, -0.1) is 0 Å². The first kappa shape index (κ1) is 18.3. The number of Topliss-reactive ketones (excluding diaryl/α,β-unsaturated/α-hetero) is 2. The van der Waals surface area contributed by atoms with Gasteiger partial charge in [-0.2, -0.15) is 0 Å². The highest BCUT2D eigenvalue weighted by Gasteiger charge is 2.51. The average molecular weight is 401 g/mol. The van der Waals surface area contributed by atoms with Gasteiger partial charge in [0.25, 0.3) is 0 Å². The molecular formula is C17H21BrO4S. The van der Waals surface area contributed by atoms with Crippen molar-refractivity contribution in [2.75, 3.05) is 5.75 Å². The molecule has 1 aromatic rings. The van der Waals surface area contributed by atoms with Gasteiger partial charge in [-0.25, -0.2) is 8.42 Å². The smallest absolute Gasteiger partial charge is 0.178 e. The van der Waals surface area contributed by atoms with Gasteiger partial charge >= 0.3 is 0 Å². The number of aryl methyl sites for hydroxylation is 1. The lowest BCUT2D eigenvalue weighted by molar-refractivity contribution is -0.138. The number of sulfone groups is 1. The van der Waals surface area contributed by atoms with Crippen LogP contribution < -0.4 is 0 Å². The fraction of sp³-hybridized carbons (Fsp3) is 0.529. The number of rotatable bonds is 5. The number of carbonyl (C=O) groups is 2. The van der Waals surface area contributed by atoms with E-state index in [9.17, 15) is 18.0 Å². The molecule has 2 unspecified atom stereocenters. The van der Waals surface area contributed by atoms with Crippen LogP contribution in [0.2, 0.25) is 0 Å². The minimum atomic E-state index is -3.45. The number of hydrogen-bond acceptors (Lipinski definition) is 4. The Hall–Kier alpha value is -1.01. The summed E-state index contributed by atoms with van der Waals surface area (Å²) in [6.45, 7) is 4.73. The zero-order valence-corrected chi connectivity index (χ0v) is 15.9. The quantitative estimate of drug-likeness (QED) is 0.562. The first-order valence-electron chi connectivity index (χ1n) is 7.54. The van der Waals surface area contributed by atoms with Gasteiger partial charge in [-0.1, -0.05) is 33.6 Å². The van der Waals surface area contributed by atoms with E-state index in [-0.39, 0.29) is 33.0 Å². The van der Waals surface area contributed by atoms with E-state index in [0.717, 1.165) is 5.56 Å². The highest BCUT2D eigenvalue weighted by molar-refractivity contribution is 9.09. The lowest BCUT2D eigenvalue weighted by Gasteiger charge is -2.22. The Morgan fingerprint density at radius 1 is 1.13 bits per heavy atom. The molecule has 2 rings (SSSR count). The first-order chi connectivity index (χ1) is 10.6. The van der Waals surface area contributed by atoms with E-state index in [0.29, 0.717) is 12.8 Å². The molecule has 0 heterocycles. The molecule has 1 aliphatic carbocycles. The van der Waals surface area contributed by atoms with Crippen LogP contribution in [0.5, 0.6) is 0 Å². The number of hydrogen-bond donors (Lipinski definition) is 0. The molecule has 0 N–H and O–H groups in total. The summed E-state index contributed by atoms with van der Waals surface area (Å²) in [5.74, 6) is -0.669. The van der Waals surface area contributed by atoms with Gasteiger partial charge < -0.3 is 0 Å². The molecule has 0 amide bonds. The molecule has 0 saturated heterocycles. The van der Waals surface area contributed by atoms with Crippen molar-refractivity contribution >= 4 is 37.3 Å². The van der Waals surface area contributed by atoms with Gasteiger partial charge in [0.1, 0.15) is 11.6 Å². The number of alkyl halides is 1. The molecule has 2 atom stereocenters. The van der Waals surface area contributed by atoms with E-state index in [1.165, 1.54) is 13.8 Å². The van der Waals surface area contributed by atoms with Crippen LogP contribution in [0.25, 0.3) is 0 Å². The molecule has 0 bridgehead atoms. The van der Waals surface area contributed by atoms with Crippen LogP contribution in [0, 0.1) is 18.3 Å². The third-order valence-corrected chi connectivity index (χ3v) is 7.76. The van der Waals surface area contributed by atoms with Crippen molar-refractivity contribution in [2.24, 2.45) is 11.3 Å². The monoisotopic (exact) mass is 400 g/mol. The standard InChI is InChI=1S/C17H21BrO4S/c1-11-4-6-15(7-5-11)23(21,22)10-14-8-17(12(2)19,13(3)20)9-16(14)18/h4-7,14,16H,8-10H2,1-3H3. The Bertz CT molecular complexity index is 707. The normalized spacial score (nSPS) is 23.7. The number of carbonyl (C=O) groups excluding carboxylic acids is 2. The van der Waals surface area contributed by atoms with E-state index in [2.05, 4.69) is 15.9 Å². The molecule has 1 aromatic carbocycles. The van der Waals surface area contributed by atoms with Gasteiger partial charge in [0, 0.05) is 4.83 Å². The van der Waals surface area contributed by atoms with Crippen LogP contribution in [0.3, 0.4) is 0 Å². The lowest BCUT2D eigenvalue weighted by atomic mass is 9.78. The van der Waals surface area contributed by atoms with E-state index < -0.39 is 15.3 Å². The zero-order chi connectivity index (χ0) is 17.4. The highest BCUT2D eigenvalue weighted by atomic mass is 79.9. The Labute approximate surface area is 145 Å². The molecule has 0 aliphatic heterocycles. The topological polar surface area (TPSA) is 68.3 Å². The van der Waals surface area contributed by atoms with Gasteiger partial charge in [0.05, 0.1) is 16.1 Å². The van der Waals surface area contributed by atoms with E-state index in [4.69, 9.17) is 0 Å². The van der Waals surface area contributed by atoms with Gasteiger partial charge in [0.2, 0.25) is 0 Å². The van der Waals surface area contributed by atoms with E-state index >= 15 is 0 Å². The number of ketones is 2. The summed E-state index contributed by atoms with van der Waals surface area (Å²) in [5.41, 5.74) is -0.0443. The van der Waals surface area contributed by atoms with Crippen molar-refractivity contribution in [1.29, 1.82) is 0 Å². The summed E-state index contributed by atoms with van der Waals surface area (Å²) in [7, 11) is -3.45. The Kier molecular flexibility index (Phi) is 5.16. The maximum Gasteiger partial charge on any atom is 0.178 e. The predicted molar refractivity (Wildman–Crippen MR) is 92.5 cm³/mol. The van der Waals surface area contributed by atoms with Crippen molar-refractivity contribution in [3.05, 3.63) is 29.8 Å². The lowest BCUT2D eigenvalue weighted by Crippen LogP contribution is -2.34. The van der Waals surface area contributed by atoms with Crippen molar-refractivity contribution in [1.82, 2.24) is 0 Å². The SMILES string of the molecule is CC(=O)C1(C(C)=O)CC(Br)C(CS(=O)(=O)c2ccc(C)cc2)C1. The average Bonchev–Trinajstić information content (AvgIpc) is 2.77. The molecule has 4 nitrogen and oxygen atoms in total. The van der Waals surface area contributed by atoms with Crippen LogP contribution in [0.1, 0.15) is 32.3 Å².